The summed E-state index contributed by atoms with van der Waals surface area (Å²) < 4.78 is 4.70. The van der Waals surface area contributed by atoms with Crippen molar-refractivity contribution in [3.63, 3.8) is 0 Å². The van der Waals surface area contributed by atoms with Crippen molar-refractivity contribution < 1.29 is 21.6 Å². The van der Waals surface area contributed by atoms with Crippen LogP contribution in [0.1, 0.15) is 16.8 Å². The summed E-state index contributed by atoms with van der Waals surface area (Å²) in [5.41, 5.74) is 6.79. The van der Waals surface area contributed by atoms with Gasteiger partial charge < -0.3 is 21.5 Å². The maximum atomic E-state index is 2.39. The molecule has 3 heteroatoms. The molecule has 2 nitrogen and oxygen atoms in total. The van der Waals surface area contributed by atoms with E-state index in [-0.39, 0.29) is 17.0 Å². The molecule has 0 aliphatic carbocycles. The number of para-hydroxylation sites is 2. The zero-order valence-electron chi connectivity index (χ0n) is 12.9. The van der Waals surface area contributed by atoms with Crippen molar-refractivity contribution in [2.75, 3.05) is 6.54 Å². The Labute approximate surface area is 141 Å². The van der Waals surface area contributed by atoms with E-state index in [0.29, 0.717) is 0 Å². The molecule has 3 aromatic rings. The second-order valence-electron chi connectivity index (χ2n) is 5.80. The SMILES string of the molecule is Cc1ccccc1[N+]1=Cc2c(c3ccccc3n2C)CC1.[Br-]. The van der Waals surface area contributed by atoms with Gasteiger partial charge in [0.25, 0.3) is 0 Å². The van der Waals surface area contributed by atoms with Crippen LogP contribution in [0.15, 0.2) is 48.5 Å². The van der Waals surface area contributed by atoms with Gasteiger partial charge in [-0.1, -0.05) is 36.4 Å². The summed E-state index contributed by atoms with van der Waals surface area (Å²) in [5, 5.41) is 1.40. The van der Waals surface area contributed by atoms with Crippen LogP contribution in [-0.4, -0.2) is 21.9 Å². The Bertz CT molecular complexity index is 874. The monoisotopic (exact) mass is 354 g/mol. The molecule has 0 N–H and O–H groups in total. The number of rotatable bonds is 1. The van der Waals surface area contributed by atoms with Gasteiger partial charge in [0, 0.05) is 36.0 Å². The van der Waals surface area contributed by atoms with Gasteiger partial charge >= 0.3 is 0 Å². The van der Waals surface area contributed by atoms with Gasteiger partial charge in [-0.05, 0) is 18.6 Å². The third kappa shape index (κ3) is 2.20. The van der Waals surface area contributed by atoms with Crippen LogP contribution in [0.25, 0.3) is 10.9 Å². The third-order valence-corrected chi connectivity index (χ3v) is 4.57. The second kappa shape index (κ2) is 5.73. The standard InChI is InChI=1S/C19H19N2.BrH/c1-14-7-3-5-9-17(14)21-12-11-16-15-8-4-6-10-18(15)20(2)19(16)13-21;/h3-10,13H,11-12H2,1-2H3;1H/q+1;/p-1. The lowest BCUT2D eigenvalue weighted by atomic mass is 10.0. The zero-order chi connectivity index (χ0) is 14.4. The van der Waals surface area contributed by atoms with E-state index in [0.717, 1.165) is 13.0 Å². The van der Waals surface area contributed by atoms with E-state index in [2.05, 4.69) is 77.9 Å². The van der Waals surface area contributed by atoms with Crippen LogP contribution >= 0.6 is 0 Å². The van der Waals surface area contributed by atoms with Crippen LogP contribution in [0.5, 0.6) is 0 Å². The Balaban J connectivity index is 0.00000144. The molecule has 0 atom stereocenters. The van der Waals surface area contributed by atoms with Crippen LogP contribution in [0.4, 0.5) is 5.69 Å². The minimum Gasteiger partial charge on any atom is -1.00 e. The molecule has 4 rings (SSSR count). The molecular weight excluding hydrogens is 336 g/mol. The van der Waals surface area contributed by atoms with Crippen LogP contribution in [0.3, 0.4) is 0 Å². The number of hydrogen-bond donors (Lipinski definition) is 0. The molecule has 0 fully saturated rings. The average Bonchev–Trinajstić information content (AvgIpc) is 2.81. The minimum atomic E-state index is 0. The van der Waals surface area contributed by atoms with E-state index in [1.54, 1.807) is 0 Å². The predicted molar refractivity (Wildman–Crippen MR) is 87.8 cm³/mol. The Morgan fingerprint density at radius 2 is 1.73 bits per heavy atom. The highest BCUT2D eigenvalue weighted by Gasteiger charge is 2.24. The number of benzene rings is 2. The maximum Gasteiger partial charge on any atom is 0.208 e. The summed E-state index contributed by atoms with van der Waals surface area (Å²) in [6.45, 7) is 3.23. The van der Waals surface area contributed by atoms with Crippen molar-refractivity contribution in [2.45, 2.75) is 13.3 Å². The number of aromatic nitrogens is 1. The normalized spacial score (nSPS) is 13.5. The molecule has 0 amide bonds. The van der Waals surface area contributed by atoms with Crippen LogP contribution in [0.2, 0.25) is 0 Å². The van der Waals surface area contributed by atoms with Gasteiger partial charge in [0.2, 0.25) is 5.69 Å². The molecule has 2 heterocycles. The fourth-order valence-electron chi connectivity index (χ4n) is 3.44. The van der Waals surface area contributed by atoms with E-state index < -0.39 is 0 Å². The van der Waals surface area contributed by atoms with E-state index in [1.807, 2.05) is 0 Å². The first kappa shape index (κ1) is 15.0. The summed E-state index contributed by atoms with van der Waals surface area (Å²) in [5.74, 6) is 0. The molecule has 0 radical (unpaired) electrons. The Kier molecular flexibility index (Phi) is 3.92. The van der Waals surface area contributed by atoms with Crippen LogP contribution < -0.4 is 17.0 Å². The van der Waals surface area contributed by atoms with Crippen molar-refractivity contribution in [3.8, 4) is 0 Å². The predicted octanol–water partition coefficient (Wildman–Crippen LogP) is 0.810. The van der Waals surface area contributed by atoms with Crippen molar-refractivity contribution in [2.24, 2.45) is 7.05 Å². The van der Waals surface area contributed by atoms with Crippen molar-refractivity contribution >= 4 is 22.8 Å². The molecule has 1 aromatic heterocycles. The smallest absolute Gasteiger partial charge is 0.208 e. The number of hydrogen-bond acceptors (Lipinski definition) is 0. The molecule has 0 saturated heterocycles. The van der Waals surface area contributed by atoms with Gasteiger partial charge in [-0.2, -0.15) is 4.58 Å². The van der Waals surface area contributed by atoms with E-state index in [9.17, 15) is 0 Å². The highest BCUT2D eigenvalue weighted by atomic mass is 79.9. The van der Waals surface area contributed by atoms with Gasteiger partial charge in [0.1, 0.15) is 5.69 Å². The molecule has 112 valence electrons. The number of aryl methyl sites for hydroxylation is 2. The topological polar surface area (TPSA) is 7.94 Å². The fourth-order valence-corrected chi connectivity index (χ4v) is 3.44. The number of fused-ring (bicyclic) bond motifs is 3. The Morgan fingerprint density at radius 1 is 1.00 bits per heavy atom. The van der Waals surface area contributed by atoms with Gasteiger partial charge in [-0.3, -0.25) is 0 Å². The summed E-state index contributed by atoms with van der Waals surface area (Å²) in [7, 11) is 2.17. The largest absolute Gasteiger partial charge is 1.00 e. The van der Waals surface area contributed by atoms with Gasteiger partial charge in [0.15, 0.2) is 12.8 Å². The Morgan fingerprint density at radius 3 is 2.55 bits per heavy atom. The molecule has 0 spiro atoms. The third-order valence-electron chi connectivity index (χ3n) is 4.57. The minimum absolute atomic E-state index is 0. The summed E-state index contributed by atoms with van der Waals surface area (Å²) in [4.78, 5) is 0. The maximum absolute atomic E-state index is 2.39. The number of halogens is 1. The summed E-state index contributed by atoms with van der Waals surface area (Å²) >= 11 is 0. The Hall–Kier alpha value is -1.87. The molecule has 22 heavy (non-hydrogen) atoms. The average molecular weight is 355 g/mol. The molecule has 0 unspecified atom stereocenters. The van der Waals surface area contributed by atoms with Crippen molar-refractivity contribution in [3.05, 3.63) is 65.4 Å². The van der Waals surface area contributed by atoms with Gasteiger partial charge in [0.05, 0.1) is 0 Å². The molecule has 2 aromatic carbocycles. The first-order chi connectivity index (χ1) is 10.3. The van der Waals surface area contributed by atoms with Crippen molar-refractivity contribution in [1.29, 1.82) is 0 Å². The molecule has 1 aliphatic heterocycles. The van der Waals surface area contributed by atoms with E-state index in [1.165, 1.54) is 33.4 Å². The lowest BCUT2D eigenvalue weighted by molar-refractivity contribution is -0.436. The summed E-state index contributed by atoms with van der Waals surface area (Å²) in [6, 6.07) is 17.3. The lowest BCUT2D eigenvalue weighted by Crippen LogP contribution is -3.00. The highest BCUT2D eigenvalue weighted by Crippen LogP contribution is 2.28. The van der Waals surface area contributed by atoms with Gasteiger partial charge in [-0.25, -0.2) is 0 Å². The first-order valence-electron chi connectivity index (χ1n) is 7.49. The van der Waals surface area contributed by atoms with Gasteiger partial charge in [-0.15, -0.1) is 0 Å². The van der Waals surface area contributed by atoms with Crippen LogP contribution in [-0.2, 0) is 13.5 Å². The lowest BCUT2D eigenvalue weighted by Gasteiger charge is -2.11. The van der Waals surface area contributed by atoms with E-state index >= 15 is 0 Å². The van der Waals surface area contributed by atoms with Crippen molar-refractivity contribution in [1.82, 2.24) is 4.57 Å². The zero-order valence-corrected chi connectivity index (χ0v) is 14.5. The van der Waals surface area contributed by atoms with Crippen LogP contribution in [0, 0.1) is 6.92 Å². The molecule has 0 bridgehead atoms. The van der Waals surface area contributed by atoms with E-state index in [4.69, 9.17) is 0 Å². The summed E-state index contributed by atoms with van der Waals surface area (Å²) in [6.07, 6.45) is 3.41. The second-order valence-corrected chi connectivity index (χ2v) is 5.80. The highest BCUT2D eigenvalue weighted by molar-refractivity contribution is 5.94. The molecule has 0 saturated carbocycles. The number of nitrogens with zero attached hydrogens (tertiary/aromatic N) is 2. The molecule has 1 aliphatic rings. The first-order valence-corrected chi connectivity index (χ1v) is 7.49. The fraction of sp³-hybridized carbons (Fsp3) is 0.211. The quantitative estimate of drug-likeness (QED) is 0.571. The molecular formula is C19H19BrN2.